The van der Waals surface area contributed by atoms with E-state index in [9.17, 15) is 18.4 Å². The molecule has 1 heterocycles. The Morgan fingerprint density at radius 3 is 2.45 bits per heavy atom. The van der Waals surface area contributed by atoms with Gasteiger partial charge in [0.1, 0.15) is 17.4 Å². The Balaban J connectivity index is 1.42. The zero-order valence-corrected chi connectivity index (χ0v) is 17.0. The van der Waals surface area contributed by atoms with Crippen LogP contribution in [0.5, 0.6) is 5.75 Å². The number of ether oxygens (including phenoxy) is 1. The highest BCUT2D eigenvalue weighted by atomic mass is 19.1. The van der Waals surface area contributed by atoms with Gasteiger partial charge in [-0.2, -0.15) is 0 Å². The molecule has 3 aromatic rings. The van der Waals surface area contributed by atoms with Gasteiger partial charge in [-0.25, -0.2) is 13.8 Å². The summed E-state index contributed by atoms with van der Waals surface area (Å²) < 4.78 is 37.6. The highest BCUT2D eigenvalue weighted by molar-refractivity contribution is 5.82. The van der Waals surface area contributed by atoms with E-state index in [0.29, 0.717) is 5.75 Å². The molecule has 31 heavy (non-hydrogen) atoms. The van der Waals surface area contributed by atoms with Crippen molar-refractivity contribution in [2.24, 2.45) is 0 Å². The van der Waals surface area contributed by atoms with Gasteiger partial charge in [-0.3, -0.25) is 20.4 Å². The molecule has 162 valence electrons. The first-order chi connectivity index (χ1) is 14.8. The summed E-state index contributed by atoms with van der Waals surface area (Å²) >= 11 is 0. The number of carbonyl (C=O) groups excluding carboxylic acids is 2. The van der Waals surface area contributed by atoms with E-state index in [1.165, 1.54) is 12.3 Å². The Bertz CT molecular complexity index is 1080. The smallest absolute Gasteiger partial charge is 0.276 e. The van der Waals surface area contributed by atoms with Gasteiger partial charge in [0.25, 0.3) is 5.91 Å². The van der Waals surface area contributed by atoms with E-state index in [1.807, 2.05) is 19.9 Å². The summed E-state index contributed by atoms with van der Waals surface area (Å²) in [4.78, 5) is 27.7. The third-order valence-corrected chi connectivity index (χ3v) is 4.22. The summed E-state index contributed by atoms with van der Waals surface area (Å²) in [5.74, 6) is -1.55. The van der Waals surface area contributed by atoms with Crippen LogP contribution in [0.25, 0.3) is 11.3 Å². The van der Waals surface area contributed by atoms with Crippen molar-refractivity contribution in [3.8, 4) is 17.1 Å². The topological polar surface area (TPSA) is 93.5 Å². The molecular formula is C22H21F2N3O4. The number of hydrazine groups is 1. The first-order valence-electron chi connectivity index (χ1n) is 9.49. The van der Waals surface area contributed by atoms with E-state index >= 15 is 0 Å². The van der Waals surface area contributed by atoms with Gasteiger partial charge in [-0.05, 0) is 49.2 Å². The summed E-state index contributed by atoms with van der Waals surface area (Å²) in [5.41, 5.74) is 6.64. The Morgan fingerprint density at radius 1 is 1.03 bits per heavy atom. The Hall–Kier alpha value is -3.75. The molecule has 0 aliphatic heterocycles. The maximum atomic E-state index is 13.8. The summed E-state index contributed by atoms with van der Waals surface area (Å²) in [6, 6.07) is 8.71. The largest absolute Gasteiger partial charge is 0.484 e. The molecule has 2 amide bonds. The number of amides is 2. The minimum Gasteiger partial charge on any atom is -0.484 e. The standard InChI is InChI=1S/C22H21F2N3O4/c1-13-7-14(2)9-16(8-13)30-12-21(29)27-26-20(28)5-6-22-25-11-19(31-22)17-4-3-15(23)10-18(17)24/h3-4,7-11H,5-6,12H2,1-2H3,(H,26,28)(H,27,29). The van der Waals surface area contributed by atoms with Crippen LogP contribution in [0.2, 0.25) is 0 Å². The molecule has 3 rings (SSSR count). The van der Waals surface area contributed by atoms with Crippen LogP contribution < -0.4 is 15.6 Å². The number of hydrogen-bond acceptors (Lipinski definition) is 5. The molecule has 0 unspecified atom stereocenters. The van der Waals surface area contributed by atoms with Gasteiger partial charge in [0, 0.05) is 18.9 Å². The third-order valence-electron chi connectivity index (χ3n) is 4.22. The number of hydrogen-bond donors (Lipinski definition) is 2. The molecule has 0 spiro atoms. The van der Waals surface area contributed by atoms with E-state index in [0.717, 1.165) is 23.3 Å². The molecule has 0 saturated carbocycles. The fourth-order valence-electron chi connectivity index (χ4n) is 2.86. The van der Waals surface area contributed by atoms with Crippen molar-refractivity contribution in [2.45, 2.75) is 26.7 Å². The normalized spacial score (nSPS) is 10.6. The molecule has 2 aromatic carbocycles. The monoisotopic (exact) mass is 429 g/mol. The molecular weight excluding hydrogens is 408 g/mol. The minimum atomic E-state index is -0.772. The van der Waals surface area contributed by atoms with E-state index in [4.69, 9.17) is 9.15 Å². The SMILES string of the molecule is Cc1cc(C)cc(OCC(=O)NNC(=O)CCc2ncc(-c3ccc(F)cc3F)o2)c1. The van der Waals surface area contributed by atoms with E-state index < -0.39 is 23.4 Å². The summed E-state index contributed by atoms with van der Waals surface area (Å²) in [6.07, 6.45) is 1.41. The fraction of sp³-hybridized carbons (Fsp3) is 0.227. The molecule has 0 saturated heterocycles. The number of nitrogens with one attached hydrogen (secondary N) is 2. The van der Waals surface area contributed by atoms with Gasteiger partial charge < -0.3 is 9.15 Å². The molecule has 0 radical (unpaired) electrons. The van der Waals surface area contributed by atoms with Gasteiger partial charge in [0.15, 0.2) is 18.3 Å². The predicted octanol–water partition coefficient (Wildman–Crippen LogP) is 3.40. The number of halogens is 2. The van der Waals surface area contributed by atoms with E-state index in [2.05, 4.69) is 15.8 Å². The Labute approximate surface area is 177 Å². The minimum absolute atomic E-state index is 0.0237. The number of aromatic nitrogens is 1. The van der Waals surface area contributed by atoms with Crippen LogP contribution in [0.15, 0.2) is 47.0 Å². The van der Waals surface area contributed by atoms with Crippen molar-refractivity contribution in [2.75, 3.05) is 6.61 Å². The predicted molar refractivity (Wildman–Crippen MR) is 108 cm³/mol. The second kappa shape index (κ2) is 9.84. The zero-order chi connectivity index (χ0) is 22.4. The molecule has 7 nitrogen and oxygen atoms in total. The number of rotatable bonds is 7. The molecule has 0 aliphatic rings. The fourth-order valence-corrected chi connectivity index (χ4v) is 2.86. The summed E-state index contributed by atoms with van der Waals surface area (Å²) in [6.45, 7) is 3.59. The van der Waals surface area contributed by atoms with E-state index in [1.54, 1.807) is 12.1 Å². The number of aryl methyl sites for hydroxylation is 3. The molecule has 0 bridgehead atoms. The van der Waals surface area contributed by atoms with Crippen LogP contribution in [-0.2, 0) is 16.0 Å². The quantitative estimate of drug-likeness (QED) is 0.562. The van der Waals surface area contributed by atoms with Crippen LogP contribution >= 0.6 is 0 Å². The average Bonchev–Trinajstić information content (AvgIpc) is 3.17. The average molecular weight is 429 g/mol. The van der Waals surface area contributed by atoms with Gasteiger partial charge in [0.2, 0.25) is 5.91 Å². The summed E-state index contributed by atoms with van der Waals surface area (Å²) in [5, 5.41) is 0. The second-order valence-corrected chi connectivity index (χ2v) is 6.95. The van der Waals surface area contributed by atoms with Crippen molar-refractivity contribution >= 4 is 11.8 Å². The lowest BCUT2D eigenvalue weighted by atomic mass is 10.1. The molecule has 2 N–H and O–H groups in total. The van der Waals surface area contributed by atoms with Crippen molar-refractivity contribution in [3.05, 3.63) is 71.2 Å². The Morgan fingerprint density at radius 2 is 1.74 bits per heavy atom. The maximum Gasteiger partial charge on any atom is 0.276 e. The molecule has 0 atom stereocenters. The molecule has 9 heteroatoms. The van der Waals surface area contributed by atoms with Crippen LogP contribution in [0.1, 0.15) is 23.4 Å². The van der Waals surface area contributed by atoms with Crippen LogP contribution in [0.3, 0.4) is 0 Å². The number of oxazole rings is 1. The van der Waals surface area contributed by atoms with Crippen LogP contribution in [-0.4, -0.2) is 23.4 Å². The van der Waals surface area contributed by atoms with Gasteiger partial charge in [0.05, 0.1) is 11.8 Å². The number of nitrogens with zero attached hydrogens (tertiary/aromatic N) is 1. The van der Waals surface area contributed by atoms with Crippen LogP contribution in [0.4, 0.5) is 8.78 Å². The Kier molecular flexibility index (Phi) is 6.96. The number of benzene rings is 2. The lowest BCUT2D eigenvalue weighted by Crippen LogP contribution is -2.43. The highest BCUT2D eigenvalue weighted by Gasteiger charge is 2.13. The molecule has 0 aliphatic carbocycles. The second-order valence-electron chi connectivity index (χ2n) is 6.95. The summed E-state index contributed by atoms with van der Waals surface area (Å²) in [7, 11) is 0. The third kappa shape index (κ3) is 6.36. The lowest BCUT2D eigenvalue weighted by Gasteiger charge is -2.09. The van der Waals surface area contributed by atoms with Crippen LogP contribution in [0, 0.1) is 25.5 Å². The van der Waals surface area contributed by atoms with Crippen molar-refractivity contribution in [3.63, 3.8) is 0 Å². The zero-order valence-electron chi connectivity index (χ0n) is 17.0. The number of carbonyl (C=O) groups is 2. The van der Waals surface area contributed by atoms with E-state index in [-0.39, 0.29) is 36.7 Å². The molecule has 1 aromatic heterocycles. The first kappa shape index (κ1) is 21.9. The lowest BCUT2D eigenvalue weighted by molar-refractivity contribution is -0.130. The van der Waals surface area contributed by atoms with Gasteiger partial charge in [-0.15, -0.1) is 0 Å². The maximum absolute atomic E-state index is 13.8. The first-order valence-corrected chi connectivity index (χ1v) is 9.49. The highest BCUT2D eigenvalue weighted by Crippen LogP contribution is 2.24. The van der Waals surface area contributed by atoms with Gasteiger partial charge in [-0.1, -0.05) is 6.07 Å². The van der Waals surface area contributed by atoms with Crippen molar-refractivity contribution in [1.29, 1.82) is 0 Å². The van der Waals surface area contributed by atoms with Gasteiger partial charge >= 0.3 is 0 Å². The van der Waals surface area contributed by atoms with Crippen molar-refractivity contribution in [1.82, 2.24) is 15.8 Å². The van der Waals surface area contributed by atoms with Crippen molar-refractivity contribution < 1.29 is 27.5 Å². The molecule has 0 fully saturated rings.